The van der Waals surface area contributed by atoms with E-state index in [-0.39, 0.29) is 22.6 Å². The molecule has 152 valence electrons. The molecule has 0 aliphatic carbocycles. The number of likely N-dealkylation sites (tertiary alicyclic amines) is 1. The van der Waals surface area contributed by atoms with Crippen molar-refractivity contribution in [3.8, 4) is 5.75 Å². The molecule has 2 rings (SSSR count). The summed E-state index contributed by atoms with van der Waals surface area (Å²) in [7, 11) is -1.85. The van der Waals surface area contributed by atoms with E-state index in [0.717, 1.165) is 6.42 Å². The summed E-state index contributed by atoms with van der Waals surface area (Å²) in [6.07, 6.45) is -0.196. The van der Waals surface area contributed by atoms with Crippen LogP contribution in [0, 0.1) is 5.92 Å². The lowest BCUT2D eigenvalue weighted by atomic mass is 9.86. The molecule has 0 bridgehead atoms. The number of aromatic hydroxyl groups is 1. The summed E-state index contributed by atoms with van der Waals surface area (Å²) >= 11 is 9.50. The molecular formula is C19H29BrClNO4Si. The van der Waals surface area contributed by atoms with Gasteiger partial charge in [0.15, 0.2) is 8.32 Å². The molecule has 8 heteroatoms. The van der Waals surface area contributed by atoms with Crippen molar-refractivity contribution < 1.29 is 19.4 Å². The molecule has 0 saturated carbocycles. The van der Waals surface area contributed by atoms with Gasteiger partial charge in [-0.05, 0) is 58.5 Å². The Morgan fingerprint density at radius 1 is 1.37 bits per heavy atom. The number of carboxylic acid groups (broad SMARTS) is 1. The van der Waals surface area contributed by atoms with Gasteiger partial charge in [0.1, 0.15) is 5.75 Å². The van der Waals surface area contributed by atoms with E-state index < -0.39 is 14.4 Å². The third kappa shape index (κ3) is 5.19. The first-order chi connectivity index (χ1) is 12.3. The normalized spacial score (nSPS) is 20.9. The molecule has 2 N–H and O–H groups in total. The monoisotopic (exact) mass is 477 g/mol. The van der Waals surface area contributed by atoms with Gasteiger partial charge in [-0.2, -0.15) is 0 Å². The molecule has 1 fully saturated rings. The van der Waals surface area contributed by atoms with Gasteiger partial charge < -0.3 is 19.5 Å². The molecule has 1 heterocycles. The Hall–Kier alpha value is -0.763. The van der Waals surface area contributed by atoms with E-state index in [4.69, 9.17) is 16.0 Å². The number of hydrogen-bond donors (Lipinski definition) is 2. The summed E-state index contributed by atoms with van der Waals surface area (Å²) in [4.78, 5) is 12.9. The lowest BCUT2D eigenvalue weighted by molar-refractivity contribution is 0.152. The first kappa shape index (κ1) is 22.5. The molecule has 1 amide bonds. The van der Waals surface area contributed by atoms with Crippen molar-refractivity contribution in [3.05, 3.63) is 27.2 Å². The number of hydrogen-bond acceptors (Lipinski definition) is 3. The fourth-order valence-electron chi connectivity index (χ4n) is 3.22. The molecule has 1 saturated heterocycles. The maximum Gasteiger partial charge on any atom is 0.407 e. The van der Waals surface area contributed by atoms with Crippen molar-refractivity contribution in [2.75, 3.05) is 19.7 Å². The van der Waals surface area contributed by atoms with Crippen LogP contribution < -0.4 is 0 Å². The molecular weight excluding hydrogens is 450 g/mol. The summed E-state index contributed by atoms with van der Waals surface area (Å²) in [6, 6.07) is 3.37. The van der Waals surface area contributed by atoms with Crippen molar-refractivity contribution in [3.63, 3.8) is 0 Å². The summed E-state index contributed by atoms with van der Waals surface area (Å²) in [5.74, 6) is 0.0909. The molecule has 1 aliphatic heterocycles. The Balaban J connectivity index is 2.19. The Labute approximate surface area is 175 Å². The molecule has 1 aromatic rings. The highest BCUT2D eigenvalue weighted by Crippen LogP contribution is 2.43. The van der Waals surface area contributed by atoms with Gasteiger partial charge in [0.25, 0.3) is 0 Å². The average molecular weight is 479 g/mol. The van der Waals surface area contributed by atoms with Crippen LogP contribution in [0.15, 0.2) is 16.6 Å². The zero-order valence-corrected chi connectivity index (χ0v) is 19.9. The van der Waals surface area contributed by atoms with Crippen LogP contribution in [0.4, 0.5) is 4.79 Å². The minimum Gasteiger partial charge on any atom is -0.506 e. The van der Waals surface area contributed by atoms with Crippen LogP contribution in [0.5, 0.6) is 5.75 Å². The number of nitrogens with zero attached hydrogens (tertiary/aromatic N) is 1. The lowest BCUT2D eigenvalue weighted by Crippen LogP contribution is -2.41. The van der Waals surface area contributed by atoms with Gasteiger partial charge in [-0.15, -0.1) is 0 Å². The molecule has 0 radical (unpaired) electrons. The lowest BCUT2D eigenvalue weighted by Gasteiger charge is -2.36. The van der Waals surface area contributed by atoms with Gasteiger partial charge in [-0.1, -0.05) is 32.4 Å². The first-order valence-corrected chi connectivity index (χ1v) is 13.2. The van der Waals surface area contributed by atoms with Crippen LogP contribution in [-0.4, -0.2) is 49.2 Å². The second-order valence-corrected chi connectivity index (χ2v) is 14.9. The van der Waals surface area contributed by atoms with Crippen LogP contribution >= 0.6 is 27.5 Å². The standard InChI is InChI=1S/C19H29BrClNO4Si/c1-19(2,3)27(4,5)26-7-6-12-10-22(18(24)25)11-15(12)14-8-13(21)9-16(20)17(14)23/h8-9,12,15,23H,6-7,10-11H2,1-5H3,(H,24,25). The van der Waals surface area contributed by atoms with E-state index in [1.165, 1.54) is 4.90 Å². The van der Waals surface area contributed by atoms with Gasteiger partial charge in [-0.3, -0.25) is 0 Å². The van der Waals surface area contributed by atoms with Crippen molar-refractivity contribution in [2.45, 2.75) is 51.2 Å². The fraction of sp³-hybridized carbons (Fsp3) is 0.632. The summed E-state index contributed by atoms with van der Waals surface area (Å²) in [5, 5.41) is 20.6. The Morgan fingerprint density at radius 3 is 2.56 bits per heavy atom. The van der Waals surface area contributed by atoms with Gasteiger partial charge >= 0.3 is 6.09 Å². The minimum absolute atomic E-state index is 0.0714. The van der Waals surface area contributed by atoms with Crippen LogP contribution in [0.1, 0.15) is 38.7 Å². The topological polar surface area (TPSA) is 70.0 Å². The number of amides is 1. The molecule has 1 aliphatic rings. The van der Waals surface area contributed by atoms with Gasteiger partial charge in [0, 0.05) is 36.2 Å². The summed E-state index contributed by atoms with van der Waals surface area (Å²) in [5.41, 5.74) is 0.690. The number of rotatable bonds is 5. The van der Waals surface area contributed by atoms with E-state index >= 15 is 0 Å². The van der Waals surface area contributed by atoms with Crippen molar-refractivity contribution in [1.29, 1.82) is 0 Å². The minimum atomic E-state index is -1.85. The Morgan fingerprint density at radius 2 is 2.00 bits per heavy atom. The predicted molar refractivity (Wildman–Crippen MR) is 114 cm³/mol. The molecule has 0 aromatic heterocycles. The van der Waals surface area contributed by atoms with Crippen molar-refractivity contribution in [1.82, 2.24) is 4.90 Å². The highest BCUT2D eigenvalue weighted by atomic mass is 79.9. The smallest absolute Gasteiger partial charge is 0.407 e. The second kappa shape index (κ2) is 8.31. The third-order valence-corrected chi connectivity index (χ3v) is 11.3. The summed E-state index contributed by atoms with van der Waals surface area (Å²) in [6.45, 7) is 12.4. The van der Waals surface area contributed by atoms with Gasteiger partial charge in [0.2, 0.25) is 0 Å². The summed E-state index contributed by atoms with van der Waals surface area (Å²) < 4.78 is 6.81. The average Bonchev–Trinajstić information content (AvgIpc) is 2.94. The van der Waals surface area contributed by atoms with Gasteiger partial charge in [0.05, 0.1) is 4.47 Å². The maximum absolute atomic E-state index is 11.5. The van der Waals surface area contributed by atoms with E-state index in [1.807, 2.05) is 0 Å². The molecule has 5 nitrogen and oxygen atoms in total. The Kier molecular flexibility index (Phi) is 6.93. The van der Waals surface area contributed by atoms with E-state index in [2.05, 4.69) is 49.8 Å². The van der Waals surface area contributed by atoms with Crippen LogP contribution in [-0.2, 0) is 4.43 Å². The van der Waals surface area contributed by atoms with Crippen molar-refractivity contribution >= 4 is 41.9 Å². The number of phenolic OH excluding ortho intramolecular Hbond substituents is 1. The quantitative estimate of drug-likeness (QED) is 0.516. The van der Waals surface area contributed by atoms with Crippen LogP contribution in [0.2, 0.25) is 23.2 Å². The molecule has 0 spiro atoms. The zero-order chi connectivity index (χ0) is 20.6. The highest BCUT2D eigenvalue weighted by molar-refractivity contribution is 9.10. The number of phenols is 1. The highest BCUT2D eigenvalue weighted by Gasteiger charge is 2.40. The maximum atomic E-state index is 11.5. The first-order valence-electron chi connectivity index (χ1n) is 9.13. The van der Waals surface area contributed by atoms with E-state index in [1.54, 1.807) is 12.1 Å². The van der Waals surface area contributed by atoms with Gasteiger partial charge in [-0.25, -0.2) is 4.79 Å². The van der Waals surface area contributed by atoms with Crippen LogP contribution in [0.25, 0.3) is 0 Å². The van der Waals surface area contributed by atoms with E-state index in [0.29, 0.717) is 34.8 Å². The van der Waals surface area contributed by atoms with Crippen molar-refractivity contribution in [2.24, 2.45) is 5.92 Å². The Bertz CT molecular complexity index is 708. The number of benzene rings is 1. The zero-order valence-electron chi connectivity index (χ0n) is 16.6. The molecule has 2 atom stereocenters. The van der Waals surface area contributed by atoms with Crippen LogP contribution in [0.3, 0.4) is 0 Å². The third-order valence-electron chi connectivity index (χ3n) is 5.93. The molecule has 2 unspecified atom stereocenters. The number of halogens is 2. The SMILES string of the molecule is CC(C)(C)[Si](C)(C)OCCC1CN(C(=O)O)CC1c1cc(Cl)cc(Br)c1O. The fourth-order valence-corrected chi connectivity index (χ4v) is 5.12. The number of carbonyl (C=O) groups is 1. The largest absolute Gasteiger partial charge is 0.506 e. The molecule has 27 heavy (non-hydrogen) atoms. The second-order valence-electron chi connectivity index (χ2n) is 8.78. The molecule has 1 aromatic carbocycles. The van der Waals surface area contributed by atoms with E-state index in [9.17, 15) is 15.0 Å². The predicted octanol–water partition coefficient (Wildman–Crippen LogP) is 5.91.